The summed E-state index contributed by atoms with van der Waals surface area (Å²) < 4.78 is 51.2. The second-order valence-electron chi connectivity index (χ2n) is 10.5. The molecule has 45 heavy (non-hydrogen) atoms. The van der Waals surface area contributed by atoms with E-state index in [1.165, 1.54) is 80.8 Å². The average molecular weight is 662 g/mol. The van der Waals surface area contributed by atoms with E-state index in [0.29, 0.717) is 10.1 Å². The van der Waals surface area contributed by atoms with Crippen LogP contribution in [0.4, 0.5) is 5.69 Å². The number of aliphatic hydroxyl groups is 1. The van der Waals surface area contributed by atoms with Gasteiger partial charge in [-0.25, -0.2) is 17.7 Å². The number of likely N-dealkylation sites (tertiary alicyclic amines) is 1. The molecule has 1 N–H and O–H groups in total. The number of aliphatic hydroxyl groups excluding tert-OH is 1. The molecule has 240 valence electrons. The van der Waals surface area contributed by atoms with Crippen LogP contribution in [0.15, 0.2) is 47.5 Å². The van der Waals surface area contributed by atoms with Gasteiger partial charge in [0.05, 0.1) is 51.8 Å². The molecule has 2 aliphatic rings. The van der Waals surface area contributed by atoms with Crippen LogP contribution in [0.25, 0.3) is 0 Å². The Bertz CT molecular complexity index is 1770. The zero-order valence-electron chi connectivity index (χ0n) is 25.3. The van der Waals surface area contributed by atoms with Crippen LogP contribution in [-0.4, -0.2) is 106 Å². The predicted octanol–water partition coefficient (Wildman–Crippen LogP) is 1.67. The standard InChI is InChI=1S/C29H32ClN5O9S/c1-33(2)26(37)22-12-17(36)15-34(22)29(20-14-31-28(44-6)32-25(20)43-5)19-11-16(30)7-9-21(19)35(27(29)38)45(39,40)24-10-8-18(41-3)13-23(24)42-4/h7-11,13-14,17,22,36H,12,15H2,1-6H3/t17-,22+,29?/m1/s1. The number of carbonyl (C=O) groups excluding carboxylic acids is 2. The summed E-state index contributed by atoms with van der Waals surface area (Å²) in [5.74, 6) is -1.29. The third kappa shape index (κ3) is 4.99. The van der Waals surface area contributed by atoms with Crippen molar-refractivity contribution in [1.82, 2.24) is 19.8 Å². The molecule has 1 fully saturated rings. The van der Waals surface area contributed by atoms with Crippen molar-refractivity contribution in [2.24, 2.45) is 0 Å². The van der Waals surface area contributed by atoms with Gasteiger partial charge in [-0.3, -0.25) is 14.5 Å². The summed E-state index contributed by atoms with van der Waals surface area (Å²) in [6.07, 6.45) is 0.184. The molecule has 1 aromatic heterocycles. The molecule has 3 aromatic rings. The Hall–Kier alpha value is -4.18. The highest BCUT2D eigenvalue weighted by atomic mass is 35.5. The van der Waals surface area contributed by atoms with Gasteiger partial charge >= 0.3 is 6.01 Å². The lowest BCUT2D eigenvalue weighted by Crippen LogP contribution is -2.59. The number of hydrogen-bond donors (Lipinski definition) is 1. The van der Waals surface area contributed by atoms with E-state index in [-0.39, 0.29) is 57.3 Å². The number of halogens is 1. The van der Waals surface area contributed by atoms with Crippen molar-refractivity contribution in [3.05, 3.63) is 58.7 Å². The number of benzene rings is 2. The summed E-state index contributed by atoms with van der Waals surface area (Å²) in [5, 5.41) is 11.1. The van der Waals surface area contributed by atoms with Crippen molar-refractivity contribution in [3.8, 4) is 23.4 Å². The van der Waals surface area contributed by atoms with E-state index in [2.05, 4.69) is 9.97 Å². The van der Waals surface area contributed by atoms with Gasteiger partial charge in [0.2, 0.25) is 11.8 Å². The van der Waals surface area contributed by atoms with Gasteiger partial charge in [0.25, 0.3) is 15.9 Å². The van der Waals surface area contributed by atoms with Gasteiger partial charge < -0.3 is 29.0 Å². The van der Waals surface area contributed by atoms with Crippen LogP contribution >= 0.6 is 11.6 Å². The number of likely N-dealkylation sites (N-methyl/N-ethyl adjacent to an activating group) is 1. The fourth-order valence-electron chi connectivity index (χ4n) is 5.93. The molecule has 0 spiro atoms. The minimum absolute atomic E-state index is 0.00405. The lowest BCUT2D eigenvalue weighted by atomic mass is 9.82. The molecule has 16 heteroatoms. The average Bonchev–Trinajstić information content (AvgIpc) is 3.54. The molecular formula is C29H32ClN5O9S. The number of carbonyl (C=O) groups is 2. The molecule has 2 amide bonds. The monoisotopic (exact) mass is 661 g/mol. The summed E-state index contributed by atoms with van der Waals surface area (Å²) in [6.45, 7) is -0.198. The van der Waals surface area contributed by atoms with E-state index < -0.39 is 39.5 Å². The second kappa shape index (κ2) is 12.0. The Morgan fingerprint density at radius 2 is 1.78 bits per heavy atom. The number of fused-ring (bicyclic) bond motifs is 1. The van der Waals surface area contributed by atoms with Gasteiger partial charge in [0.1, 0.15) is 16.4 Å². The van der Waals surface area contributed by atoms with Gasteiger partial charge in [0, 0.05) is 43.5 Å². The number of rotatable bonds is 9. The third-order valence-corrected chi connectivity index (χ3v) is 9.85. The van der Waals surface area contributed by atoms with Crippen molar-refractivity contribution in [1.29, 1.82) is 0 Å². The largest absolute Gasteiger partial charge is 0.497 e. The molecule has 5 rings (SSSR count). The molecule has 1 unspecified atom stereocenters. The Kier molecular flexibility index (Phi) is 8.57. The van der Waals surface area contributed by atoms with Crippen molar-refractivity contribution in [3.63, 3.8) is 0 Å². The maximum absolute atomic E-state index is 15.2. The van der Waals surface area contributed by atoms with Gasteiger partial charge in [-0.05, 0) is 36.8 Å². The van der Waals surface area contributed by atoms with Gasteiger partial charge in [0.15, 0.2) is 5.54 Å². The molecule has 0 bridgehead atoms. The molecule has 2 aliphatic heterocycles. The quantitative estimate of drug-likeness (QED) is 0.354. The first-order valence-electron chi connectivity index (χ1n) is 13.6. The minimum Gasteiger partial charge on any atom is -0.497 e. The number of sulfonamides is 1. The molecule has 0 saturated carbocycles. The number of methoxy groups -OCH3 is 4. The number of aromatic nitrogens is 2. The van der Waals surface area contributed by atoms with E-state index in [4.69, 9.17) is 30.5 Å². The molecule has 0 radical (unpaired) electrons. The number of hydrogen-bond acceptors (Lipinski definition) is 12. The Balaban J connectivity index is 1.88. The van der Waals surface area contributed by atoms with Crippen LogP contribution in [0.2, 0.25) is 5.02 Å². The highest BCUT2D eigenvalue weighted by Gasteiger charge is 2.64. The van der Waals surface area contributed by atoms with Crippen molar-refractivity contribution in [2.45, 2.75) is 29.0 Å². The van der Waals surface area contributed by atoms with Crippen LogP contribution in [0.1, 0.15) is 17.5 Å². The predicted molar refractivity (Wildman–Crippen MR) is 161 cm³/mol. The highest BCUT2D eigenvalue weighted by molar-refractivity contribution is 7.93. The molecule has 3 heterocycles. The van der Waals surface area contributed by atoms with Gasteiger partial charge in [-0.2, -0.15) is 4.98 Å². The summed E-state index contributed by atoms with van der Waals surface area (Å²) in [4.78, 5) is 39.8. The molecule has 14 nitrogen and oxygen atoms in total. The van der Waals surface area contributed by atoms with E-state index in [1.807, 2.05) is 0 Å². The van der Waals surface area contributed by atoms with Crippen LogP contribution in [-0.2, 0) is 25.2 Å². The molecule has 0 aliphatic carbocycles. The smallest absolute Gasteiger partial charge is 0.319 e. The number of amides is 2. The van der Waals surface area contributed by atoms with Crippen LogP contribution in [0, 0.1) is 0 Å². The third-order valence-electron chi connectivity index (χ3n) is 7.88. The highest BCUT2D eigenvalue weighted by Crippen LogP contribution is 2.55. The fourth-order valence-corrected chi connectivity index (χ4v) is 7.71. The fraction of sp³-hybridized carbons (Fsp3) is 0.379. The normalized spacial score (nSPS) is 21.4. The summed E-state index contributed by atoms with van der Waals surface area (Å²) in [5.41, 5.74) is -2.06. The summed E-state index contributed by atoms with van der Waals surface area (Å²) >= 11 is 6.51. The van der Waals surface area contributed by atoms with E-state index in [9.17, 15) is 18.3 Å². The lowest BCUT2D eigenvalue weighted by Gasteiger charge is -2.41. The van der Waals surface area contributed by atoms with Gasteiger partial charge in [-0.1, -0.05) is 11.6 Å². The van der Waals surface area contributed by atoms with Crippen molar-refractivity contribution < 1.29 is 42.1 Å². The topological polar surface area (TPSA) is 161 Å². The lowest BCUT2D eigenvalue weighted by molar-refractivity contribution is -0.138. The number of nitrogens with zero attached hydrogens (tertiary/aromatic N) is 5. The number of β-amino-alcohol motifs (C(OH)–C–C–N with tert-alkyl or cyclic N) is 1. The zero-order valence-corrected chi connectivity index (χ0v) is 26.9. The SMILES string of the molecule is COc1ccc(S(=O)(=O)N2C(=O)C(c3cnc(OC)nc3OC)(N3C[C@H](O)C[C@H]3C(=O)N(C)C)c3cc(Cl)ccc32)c(OC)c1. The summed E-state index contributed by atoms with van der Waals surface area (Å²) in [6, 6.07) is 7.21. The van der Waals surface area contributed by atoms with Crippen molar-refractivity contribution >= 4 is 39.1 Å². The number of anilines is 1. The maximum atomic E-state index is 15.2. The van der Waals surface area contributed by atoms with Crippen LogP contribution in [0.3, 0.4) is 0 Å². The van der Waals surface area contributed by atoms with Crippen LogP contribution < -0.4 is 23.3 Å². The second-order valence-corrected chi connectivity index (χ2v) is 12.7. The Labute approximate surface area is 265 Å². The zero-order chi connectivity index (χ0) is 32.8. The Morgan fingerprint density at radius 3 is 2.40 bits per heavy atom. The number of ether oxygens (including phenoxy) is 4. The minimum atomic E-state index is -4.72. The summed E-state index contributed by atoms with van der Waals surface area (Å²) in [7, 11) is 3.74. The van der Waals surface area contributed by atoms with E-state index in [1.54, 1.807) is 14.1 Å². The van der Waals surface area contributed by atoms with Crippen LogP contribution in [0.5, 0.6) is 23.4 Å². The molecule has 2 aromatic carbocycles. The first kappa shape index (κ1) is 32.2. The van der Waals surface area contributed by atoms with Crippen molar-refractivity contribution in [2.75, 3.05) is 53.4 Å². The molecule has 3 atom stereocenters. The molecule has 1 saturated heterocycles. The molecular weight excluding hydrogens is 630 g/mol. The van der Waals surface area contributed by atoms with E-state index in [0.717, 1.165) is 0 Å². The van der Waals surface area contributed by atoms with E-state index >= 15 is 4.79 Å². The Morgan fingerprint density at radius 1 is 1.04 bits per heavy atom. The maximum Gasteiger partial charge on any atom is 0.319 e. The first-order valence-corrected chi connectivity index (χ1v) is 15.4. The van der Waals surface area contributed by atoms with Gasteiger partial charge in [-0.15, -0.1) is 0 Å². The first-order chi connectivity index (χ1) is 21.4.